The molecule has 128 valence electrons. The maximum Gasteiger partial charge on any atom is 0.273 e. The predicted octanol–water partition coefficient (Wildman–Crippen LogP) is 3.46. The number of piperidine rings is 1. The van der Waals surface area contributed by atoms with Gasteiger partial charge in [0, 0.05) is 30.6 Å². The highest BCUT2D eigenvalue weighted by molar-refractivity contribution is 7.13. The SMILES string of the molecule is CCO[C@H]1CCCN(C(=O)c2csc(-c3ccc(OC)cc3)n2)C1. The molecule has 24 heavy (non-hydrogen) atoms. The van der Waals surface area contributed by atoms with Gasteiger partial charge < -0.3 is 14.4 Å². The second kappa shape index (κ2) is 7.77. The van der Waals surface area contributed by atoms with E-state index in [9.17, 15) is 4.79 Å². The molecule has 1 amide bonds. The Balaban J connectivity index is 1.71. The Morgan fingerprint density at radius 2 is 2.17 bits per heavy atom. The van der Waals surface area contributed by atoms with Crippen molar-refractivity contribution in [3.63, 3.8) is 0 Å². The van der Waals surface area contributed by atoms with Gasteiger partial charge in [0.1, 0.15) is 16.5 Å². The third-order valence-electron chi connectivity index (χ3n) is 4.13. The summed E-state index contributed by atoms with van der Waals surface area (Å²) in [6, 6.07) is 7.71. The van der Waals surface area contributed by atoms with Crippen molar-refractivity contribution in [3.05, 3.63) is 35.3 Å². The molecule has 3 rings (SSSR count). The summed E-state index contributed by atoms with van der Waals surface area (Å²) in [4.78, 5) is 19.1. The average Bonchev–Trinajstić information content (AvgIpc) is 3.12. The summed E-state index contributed by atoms with van der Waals surface area (Å²) in [5.41, 5.74) is 1.51. The monoisotopic (exact) mass is 346 g/mol. The van der Waals surface area contributed by atoms with Crippen molar-refractivity contribution in [1.29, 1.82) is 0 Å². The lowest BCUT2D eigenvalue weighted by atomic mass is 10.1. The Hall–Kier alpha value is -1.92. The first-order valence-corrected chi connectivity index (χ1v) is 9.10. The number of thiazole rings is 1. The summed E-state index contributed by atoms with van der Waals surface area (Å²) in [5, 5.41) is 2.69. The molecule has 1 atom stereocenters. The Kier molecular flexibility index (Phi) is 5.48. The zero-order valence-corrected chi connectivity index (χ0v) is 14.8. The van der Waals surface area contributed by atoms with Crippen molar-refractivity contribution < 1.29 is 14.3 Å². The van der Waals surface area contributed by atoms with E-state index in [2.05, 4.69) is 4.98 Å². The van der Waals surface area contributed by atoms with Gasteiger partial charge in [-0.3, -0.25) is 4.79 Å². The van der Waals surface area contributed by atoms with Crippen LogP contribution in [0, 0.1) is 0 Å². The number of rotatable bonds is 5. The molecule has 0 aliphatic carbocycles. The van der Waals surface area contributed by atoms with E-state index in [-0.39, 0.29) is 12.0 Å². The number of hydrogen-bond donors (Lipinski definition) is 0. The molecule has 1 aromatic carbocycles. The second-order valence-corrected chi connectivity index (χ2v) is 6.60. The Morgan fingerprint density at radius 3 is 2.88 bits per heavy atom. The highest BCUT2D eigenvalue weighted by Crippen LogP contribution is 2.26. The second-order valence-electron chi connectivity index (χ2n) is 5.74. The Morgan fingerprint density at radius 1 is 1.38 bits per heavy atom. The first-order valence-electron chi connectivity index (χ1n) is 8.22. The first kappa shape index (κ1) is 16.9. The van der Waals surface area contributed by atoms with Gasteiger partial charge in [-0.25, -0.2) is 4.98 Å². The molecule has 2 heterocycles. The van der Waals surface area contributed by atoms with Gasteiger partial charge in [-0.2, -0.15) is 0 Å². The van der Waals surface area contributed by atoms with E-state index in [0.29, 0.717) is 18.8 Å². The number of ether oxygens (including phenoxy) is 2. The number of nitrogens with zero attached hydrogens (tertiary/aromatic N) is 2. The van der Waals surface area contributed by atoms with E-state index in [1.54, 1.807) is 7.11 Å². The molecule has 5 nitrogen and oxygen atoms in total. The normalized spacial score (nSPS) is 17.8. The number of carbonyl (C=O) groups is 1. The number of methoxy groups -OCH3 is 1. The standard InChI is InChI=1S/C18H22N2O3S/c1-3-23-15-5-4-10-20(11-15)18(21)16-12-24-17(19-16)13-6-8-14(22-2)9-7-13/h6-9,12,15H,3-5,10-11H2,1-2H3/t15-/m0/s1. The lowest BCUT2D eigenvalue weighted by molar-refractivity contribution is 0.00706. The molecule has 0 saturated carbocycles. The summed E-state index contributed by atoms with van der Waals surface area (Å²) in [7, 11) is 1.64. The van der Waals surface area contributed by atoms with Gasteiger partial charge in [0.05, 0.1) is 13.2 Å². The molecule has 1 aliphatic heterocycles. The van der Waals surface area contributed by atoms with E-state index in [4.69, 9.17) is 9.47 Å². The fourth-order valence-corrected chi connectivity index (χ4v) is 3.69. The van der Waals surface area contributed by atoms with E-state index in [1.165, 1.54) is 11.3 Å². The van der Waals surface area contributed by atoms with Crippen LogP contribution in [-0.4, -0.2) is 48.7 Å². The molecule has 1 saturated heterocycles. The summed E-state index contributed by atoms with van der Waals surface area (Å²) in [6.07, 6.45) is 2.14. The van der Waals surface area contributed by atoms with Gasteiger partial charge in [0.15, 0.2) is 0 Å². The largest absolute Gasteiger partial charge is 0.497 e. The van der Waals surface area contributed by atoms with Crippen molar-refractivity contribution in [1.82, 2.24) is 9.88 Å². The highest BCUT2D eigenvalue weighted by atomic mass is 32.1. The smallest absolute Gasteiger partial charge is 0.273 e. The van der Waals surface area contributed by atoms with Crippen molar-refractivity contribution in [2.75, 3.05) is 26.8 Å². The number of carbonyl (C=O) groups excluding carboxylic acids is 1. The molecular formula is C18H22N2O3S. The molecule has 1 fully saturated rings. The Bertz CT molecular complexity index is 682. The maximum atomic E-state index is 12.7. The summed E-state index contributed by atoms with van der Waals surface area (Å²) < 4.78 is 10.8. The van der Waals surface area contributed by atoms with Crippen LogP contribution in [-0.2, 0) is 4.74 Å². The summed E-state index contributed by atoms with van der Waals surface area (Å²) >= 11 is 1.49. The van der Waals surface area contributed by atoms with E-state index < -0.39 is 0 Å². The van der Waals surface area contributed by atoms with Crippen LogP contribution < -0.4 is 4.74 Å². The van der Waals surface area contributed by atoms with Gasteiger partial charge in [-0.1, -0.05) is 0 Å². The van der Waals surface area contributed by atoms with Gasteiger partial charge in [-0.05, 0) is 44.0 Å². The van der Waals surface area contributed by atoms with Gasteiger partial charge in [0.2, 0.25) is 0 Å². The van der Waals surface area contributed by atoms with Gasteiger partial charge >= 0.3 is 0 Å². The van der Waals surface area contributed by atoms with E-state index in [0.717, 1.165) is 35.7 Å². The molecule has 0 N–H and O–H groups in total. The minimum Gasteiger partial charge on any atom is -0.497 e. The van der Waals surface area contributed by atoms with Crippen LogP contribution in [0.3, 0.4) is 0 Å². The van der Waals surface area contributed by atoms with E-state index >= 15 is 0 Å². The summed E-state index contributed by atoms with van der Waals surface area (Å²) in [6.45, 7) is 4.10. The zero-order chi connectivity index (χ0) is 16.9. The number of likely N-dealkylation sites (tertiary alicyclic amines) is 1. The number of aromatic nitrogens is 1. The number of amides is 1. The van der Waals surface area contributed by atoms with E-state index in [1.807, 2.05) is 41.5 Å². The lowest BCUT2D eigenvalue weighted by Gasteiger charge is -2.32. The number of benzene rings is 1. The minimum absolute atomic E-state index is 0.00425. The van der Waals surface area contributed by atoms with Crippen LogP contribution in [0.25, 0.3) is 10.6 Å². The Labute approximate surface area is 146 Å². The average molecular weight is 346 g/mol. The van der Waals surface area contributed by atoms with Crippen molar-refractivity contribution in [2.45, 2.75) is 25.9 Å². The molecule has 0 bridgehead atoms. The molecule has 0 unspecified atom stereocenters. The van der Waals surface area contributed by atoms with Crippen molar-refractivity contribution in [2.24, 2.45) is 0 Å². The van der Waals surface area contributed by atoms with Crippen LogP contribution in [0.2, 0.25) is 0 Å². The third kappa shape index (κ3) is 3.76. The highest BCUT2D eigenvalue weighted by Gasteiger charge is 2.26. The molecule has 0 radical (unpaired) electrons. The molecule has 2 aromatic rings. The maximum absolute atomic E-state index is 12.7. The summed E-state index contributed by atoms with van der Waals surface area (Å²) in [5.74, 6) is 0.803. The van der Waals surface area contributed by atoms with Crippen LogP contribution in [0.1, 0.15) is 30.3 Å². The van der Waals surface area contributed by atoms with Crippen LogP contribution in [0.5, 0.6) is 5.75 Å². The fourth-order valence-electron chi connectivity index (χ4n) is 2.89. The lowest BCUT2D eigenvalue weighted by Crippen LogP contribution is -2.43. The number of hydrogen-bond acceptors (Lipinski definition) is 5. The minimum atomic E-state index is -0.00425. The topological polar surface area (TPSA) is 51.7 Å². The van der Waals surface area contributed by atoms with Crippen LogP contribution in [0.4, 0.5) is 0 Å². The van der Waals surface area contributed by atoms with Crippen LogP contribution >= 0.6 is 11.3 Å². The fraction of sp³-hybridized carbons (Fsp3) is 0.444. The quantitative estimate of drug-likeness (QED) is 0.832. The van der Waals surface area contributed by atoms with Gasteiger partial charge in [0.25, 0.3) is 5.91 Å². The molecule has 0 spiro atoms. The molecule has 1 aliphatic rings. The zero-order valence-electron chi connectivity index (χ0n) is 14.0. The molecule has 6 heteroatoms. The molecular weight excluding hydrogens is 324 g/mol. The molecule has 1 aromatic heterocycles. The first-order chi connectivity index (χ1) is 11.7. The van der Waals surface area contributed by atoms with Gasteiger partial charge in [-0.15, -0.1) is 11.3 Å². The van der Waals surface area contributed by atoms with Crippen molar-refractivity contribution >= 4 is 17.2 Å². The predicted molar refractivity (Wildman–Crippen MR) is 94.7 cm³/mol. The van der Waals surface area contributed by atoms with Crippen molar-refractivity contribution in [3.8, 4) is 16.3 Å². The van der Waals surface area contributed by atoms with Crippen LogP contribution in [0.15, 0.2) is 29.6 Å². The third-order valence-corrected chi connectivity index (χ3v) is 5.02.